The number of hydrogen-bond acceptors (Lipinski definition) is 4. The zero-order valence-corrected chi connectivity index (χ0v) is 15.7. The Kier molecular flexibility index (Phi) is 5.04. The highest BCUT2D eigenvalue weighted by Crippen LogP contribution is 2.32. The van der Waals surface area contributed by atoms with Crippen molar-refractivity contribution in [3.63, 3.8) is 0 Å². The van der Waals surface area contributed by atoms with Gasteiger partial charge >= 0.3 is 0 Å². The van der Waals surface area contributed by atoms with Gasteiger partial charge in [-0.1, -0.05) is 18.2 Å². The summed E-state index contributed by atoms with van der Waals surface area (Å²) in [5.41, 5.74) is 4.06. The first-order valence-corrected chi connectivity index (χ1v) is 8.78. The van der Waals surface area contributed by atoms with E-state index in [1.807, 2.05) is 43.4 Å². The lowest BCUT2D eigenvalue weighted by atomic mass is 10.2. The lowest BCUT2D eigenvalue weighted by Crippen LogP contribution is -2.23. The van der Waals surface area contributed by atoms with Crippen LogP contribution in [-0.2, 0) is 6.42 Å². The molecule has 6 heteroatoms. The lowest BCUT2D eigenvalue weighted by molar-refractivity contribution is 0.227. The molecule has 0 saturated heterocycles. The van der Waals surface area contributed by atoms with Crippen molar-refractivity contribution in [1.29, 1.82) is 0 Å². The molecule has 0 aliphatic carbocycles. The Morgan fingerprint density at radius 3 is 3.00 bits per heavy atom. The largest absolute Gasteiger partial charge is 0.453 e. The van der Waals surface area contributed by atoms with Crippen molar-refractivity contribution in [3.05, 3.63) is 46.1 Å². The number of halogens is 1. The molecule has 1 aliphatic heterocycles. The minimum absolute atomic E-state index is 0.105. The van der Waals surface area contributed by atoms with Crippen LogP contribution in [0.1, 0.15) is 18.2 Å². The van der Waals surface area contributed by atoms with Crippen molar-refractivity contribution in [2.24, 2.45) is 4.99 Å². The van der Waals surface area contributed by atoms with Crippen molar-refractivity contribution in [2.75, 3.05) is 18.9 Å². The van der Waals surface area contributed by atoms with E-state index < -0.39 is 0 Å². The highest BCUT2D eigenvalue weighted by molar-refractivity contribution is 9.10. The summed E-state index contributed by atoms with van der Waals surface area (Å²) in [6, 6.07) is 10.2. The summed E-state index contributed by atoms with van der Waals surface area (Å²) in [5.74, 6) is 0.584. The molecule has 126 valence electrons. The highest BCUT2D eigenvalue weighted by atomic mass is 79.9. The molecule has 1 aliphatic rings. The Morgan fingerprint density at radius 2 is 2.25 bits per heavy atom. The fourth-order valence-corrected chi connectivity index (χ4v) is 2.87. The first kappa shape index (κ1) is 16.8. The second-order valence-electron chi connectivity index (χ2n) is 5.81. The van der Waals surface area contributed by atoms with E-state index >= 15 is 0 Å². The predicted octanol–water partition coefficient (Wildman–Crippen LogP) is 4.14. The minimum Gasteiger partial charge on any atom is -0.453 e. The molecule has 1 N–H and O–H groups in total. The standard InChI is InChI=1S/C18H21BrN4O/c1-4-23(3)11-20-16-10-14(19)18(21-12(16)2)24-17-9-13-7-5-6-8-15(13)22-17/h5-8,10-11,17,22H,4,9H2,1-3H3. The molecule has 0 radical (unpaired) electrons. The number of fused-ring (bicyclic) bond motifs is 1. The molecule has 1 atom stereocenters. The number of para-hydroxylation sites is 1. The molecule has 0 fully saturated rings. The van der Waals surface area contributed by atoms with Gasteiger partial charge in [0.15, 0.2) is 6.23 Å². The average Bonchev–Trinajstić information content (AvgIpc) is 2.98. The summed E-state index contributed by atoms with van der Waals surface area (Å²) in [6.45, 7) is 4.93. The predicted molar refractivity (Wildman–Crippen MR) is 101 cm³/mol. The summed E-state index contributed by atoms with van der Waals surface area (Å²) in [4.78, 5) is 11.1. The van der Waals surface area contributed by atoms with E-state index in [4.69, 9.17) is 4.74 Å². The van der Waals surface area contributed by atoms with Crippen LogP contribution < -0.4 is 10.1 Å². The number of aryl methyl sites for hydroxylation is 1. The third-order valence-corrected chi connectivity index (χ3v) is 4.56. The van der Waals surface area contributed by atoms with E-state index in [1.165, 1.54) is 5.56 Å². The maximum Gasteiger partial charge on any atom is 0.230 e. The van der Waals surface area contributed by atoms with Crippen LogP contribution in [0.5, 0.6) is 5.88 Å². The van der Waals surface area contributed by atoms with Gasteiger partial charge in [0.05, 0.1) is 22.2 Å². The summed E-state index contributed by atoms with van der Waals surface area (Å²) in [5, 5.41) is 3.37. The number of anilines is 1. The van der Waals surface area contributed by atoms with Gasteiger partial charge < -0.3 is 15.0 Å². The third kappa shape index (κ3) is 3.70. The van der Waals surface area contributed by atoms with Crippen LogP contribution in [0.15, 0.2) is 39.8 Å². The van der Waals surface area contributed by atoms with Gasteiger partial charge in [-0.15, -0.1) is 0 Å². The SMILES string of the molecule is CCN(C)C=Nc1cc(Br)c(OC2Cc3ccccc3N2)nc1C. The number of ether oxygens (including phenoxy) is 1. The quantitative estimate of drug-likeness (QED) is 0.617. The third-order valence-electron chi connectivity index (χ3n) is 3.99. The molecule has 0 spiro atoms. The number of nitrogens with zero attached hydrogens (tertiary/aromatic N) is 3. The van der Waals surface area contributed by atoms with Gasteiger partial charge in [-0.2, -0.15) is 0 Å². The van der Waals surface area contributed by atoms with Gasteiger partial charge in [0.1, 0.15) is 0 Å². The lowest BCUT2D eigenvalue weighted by Gasteiger charge is -2.16. The second-order valence-corrected chi connectivity index (χ2v) is 6.66. The second kappa shape index (κ2) is 7.21. The molecule has 2 aromatic rings. The maximum absolute atomic E-state index is 6.04. The number of aliphatic imine (C=N–C) groups is 1. The Morgan fingerprint density at radius 1 is 1.46 bits per heavy atom. The molecule has 24 heavy (non-hydrogen) atoms. The van der Waals surface area contributed by atoms with Crippen LogP contribution in [-0.4, -0.2) is 36.0 Å². The van der Waals surface area contributed by atoms with Crippen LogP contribution in [0, 0.1) is 6.92 Å². The number of rotatable bonds is 5. The molecule has 2 heterocycles. The van der Waals surface area contributed by atoms with Gasteiger partial charge in [0.2, 0.25) is 5.88 Å². The van der Waals surface area contributed by atoms with Crippen LogP contribution >= 0.6 is 15.9 Å². The molecular formula is C18H21BrN4O. The Hall–Kier alpha value is -2.08. The topological polar surface area (TPSA) is 49.8 Å². The van der Waals surface area contributed by atoms with Gasteiger partial charge in [-0.25, -0.2) is 9.98 Å². The molecule has 1 unspecified atom stereocenters. The number of nitrogens with one attached hydrogen (secondary N) is 1. The molecule has 0 bridgehead atoms. The molecule has 5 nitrogen and oxygen atoms in total. The molecule has 0 amide bonds. The van der Waals surface area contributed by atoms with Gasteiger partial charge in [0, 0.05) is 25.7 Å². The molecule has 1 aromatic heterocycles. The fraction of sp³-hybridized carbons (Fsp3) is 0.333. The number of hydrogen-bond donors (Lipinski definition) is 1. The smallest absolute Gasteiger partial charge is 0.230 e. The summed E-state index contributed by atoms with van der Waals surface area (Å²) in [7, 11) is 1.99. The van der Waals surface area contributed by atoms with Gasteiger partial charge in [0.25, 0.3) is 0 Å². The Bertz CT molecular complexity index is 738. The zero-order valence-electron chi connectivity index (χ0n) is 14.1. The maximum atomic E-state index is 6.04. The average molecular weight is 389 g/mol. The number of benzene rings is 1. The first-order chi connectivity index (χ1) is 11.6. The van der Waals surface area contributed by atoms with E-state index in [9.17, 15) is 0 Å². The highest BCUT2D eigenvalue weighted by Gasteiger charge is 2.23. The summed E-state index contributed by atoms with van der Waals surface area (Å²) in [6.07, 6.45) is 2.53. The number of pyridine rings is 1. The van der Waals surface area contributed by atoms with Crippen molar-refractivity contribution in [1.82, 2.24) is 9.88 Å². The zero-order chi connectivity index (χ0) is 17.1. The van der Waals surface area contributed by atoms with E-state index in [-0.39, 0.29) is 6.23 Å². The van der Waals surface area contributed by atoms with E-state index in [1.54, 1.807) is 0 Å². The normalized spacial score (nSPS) is 16.1. The molecule has 0 saturated carbocycles. The van der Waals surface area contributed by atoms with Gasteiger partial charge in [-0.05, 0) is 47.5 Å². The number of aromatic nitrogens is 1. The van der Waals surface area contributed by atoms with Crippen molar-refractivity contribution >= 4 is 33.6 Å². The molecular weight excluding hydrogens is 368 g/mol. The van der Waals surface area contributed by atoms with Crippen molar-refractivity contribution in [2.45, 2.75) is 26.5 Å². The molecule has 3 rings (SSSR count). The summed E-state index contributed by atoms with van der Waals surface area (Å²) < 4.78 is 6.84. The fourth-order valence-electron chi connectivity index (χ4n) is 2.47. The first-order valence-electron chi connectivity index (χ1n) is 7.99. The Balaban J connectivity index is 1.74. The van der Waals surface area contributed by atoms with Crippen molar-refractivity contribution in [3.8, 4) is 5.88 Å². The van der Waals surface area contributed by atoms with Gasteiger partial charge in [-0.3, -0.25) is 0 Å². The van der Waals surface area contributed by atoms with E-state index in [2.05, 4.69) is 50.3 Å². The monoisotopic (exact) mass is 388 g/mol. The minimum atomic E-state index is -0.105. The van der Waals surface area contributed by atoms with Crippen LogP contribution in [0.2, 0.25) is 0 Å². The Labute approximate surface area is 150 Å². The van der Waals surface area contributed by atoms with E-state index in [0.717, 1.165) is 34.5 Å². The van der Waals surface area contributed by atoms with Crippen LogP contribution in [0.4, 0.5) is 11.4 Å². The molecule has 1 aromatic carbocycles. The van der Waals surface area contributed by atoms with Crippen LogP contribution in [0.25, 0.3) is 0 Å². The summed E-state index contributed by atoms with van der Waals surface area (Å²) >= 11 is 3.55. The van der Waals surface area contributed by atoms with Crippen LogP contribution in [0.3, 0.4) is 0 Å². The van der Waals surface area contributed by atoms with E-state index in [0.29, 0.717) is 5.88 Å². The van der Waals surface area contributed by atoms with Crippen molar-refractivity contribution < 1.29 is 4.74 Å².